The minimum absolute atomic E-state index is 0.191. The summed E-state index contributed by atoms with van der Waals surface area (Å²) in [6.45, 7) is 5.98. The van der Waals surface area contributed by atoms with Gasteiger partial charge in [-0.2, -0.15) is 0 Å². The number of nitrogens with one attached hydrogen (secondary N) is 1. The molecule has 3 atom stereocenters. The molecule has 0 saturated carbocycles. The van der Waals surface area contributed by atoms with Crippen molar-refractivity contribution in [3.8, 4) is 0 Å². The van der Waals surface area contributed by atoms with Gasteiger partial charge < -0.3 is 10.1 Å². The summed E-state index contributed by atoms with van der Waals surface area (Å²) < 4.78 is 19.8. The molecule has 106 valence electrons. The molecular weight excluding hydrogens is 309 g/mol. The standard InChI is InChI=1S/C15H21BrFNO/c1-3-18-14(12-7-8-19-10(12)2)9-11-5-4-6-13(17)15(11)16/h4-6,10,12,14,18H,3,7-9H2,1-2H3. The summed E-state index contributed by atoms with van der Waals surface area (Å²) in [4.78, 5) is 0. The minimum atomic E-state index is -0.191. The van der Waals surface area contributed by atoms with E-state index < -0.39 is 0 Å². The van der Waals surface area contributed by atoms with Crippen LogP contribution in [0, 0.1) is 11.7 Å². The van der Waals surface area contributed by atoms with Crippen LogP contribution in [-0.4, -0.2) is 25.3 Å². The predicted octanol–water partition coefficient (Wildman–Crippen LogP) is 3.53. The highest BCUT2D eigenvalue weighted by Crippen LogP contribution is 2.28. The highest BCUT2D eigenvalue weighted by atomic mass is 79.9. The summed E-state index contributed by atoms with van der Waals surface area (Å²) in [6, 6.07) is 5.57. The fourth-order valence-electron chi connectivity index (χ4n) is 2.86. The number of ether oxygens (including phenoxy) is 1. The Labute approximate surface area is 122 Å². The Bertz CT molecular complexity index is 427. The van der Waals surface area contributed by atoms with Crippen molar-refractivity contribution < 1.29 is 9.13 Å². The molecular formula is C15H21BrFNO. The minimum Gasteiger partial charge on any atom is -0.378 e. The van der Waals surface area contributed by atoms with Crippen molar-refractivity contribution in [2.45, 2.75) is 38.8 Å². The van der Waals surface area contributed by atoms with Crippen LogP contribution in [0.5, 0.6) is 0 Å². The Kier molecular flexibility index (Phi) is 5.37. The maximum atomic E-state index is 13.6. The van der Waals surface area contributed by atoms with E-state index in [4.69, 9.17) is 4.74 Å². The molecule has 0 amide bonds. The highest BCUT2D eigenvalue weighted by molar-refractivity contribution is 9.10. The highest BCUT2D eigenvalue weighted by Gasteiger charge is 2.31. The lowest BCUT2D eigenvalue weighted by Crippen LogP contribution is -2.40. The van der Waals surface area contributed by atoms with Crippen LogP contribution in [0.15, 0.2) is 22.7 Å². The summed E-state index contributed by atoms with van der Waals surface area (Å²) in [5.41, 5.74) is 1.02. The summed E-state index contributed by atoms with van der Waals surface area (Å²) in [5.74, 6) is 0.304. The van der Waals surface area contributed by atoms with Gasteiger partial charge in [0.25, 0.3) is 0 Å². The Morgan fingerprint density at radius 3 is 2.95 bits per heavy atom. The second-order valence-electron chi connectivity index (χ2n) is 5.11. The maximum absolute atomic E-state index is 13.6. The van der Waals surface area contributed by atoms with Crippen LogP contribution >= 0.6 is 15.9 Å². The summed E-state index contributed by atoms with van der Waals surface area (Å²) >= 11 is 3.35. The van der Waals surface area contributed by atoms with E-state index in [1.54, 1.807) is 6.07 Å². The zero-order chi connectivity index (χ0) is 13.8. The fourth-order valence-corrected chi connectivity index (χ4v) is 3.28. The molecule has 1 aliphatic heterocycles. The summed E-state index contributed by atoms with van der Waals surface area (Å²) in [5, 5.41) is 3.53. The Morgan fingerprint density at radius 1 is 1.53 bits per heavy atom. The van der Waals surface area contributed by atoms with Crippen LogP contribution in [0.1, 0.15) is 25.8 Å². The lowest BCUT2D eigenvalue weighted by Gasteiger charge is -2.27. The van der Waals surface area contributed by atoms with Crippen LogP contribution in [-0.2, 0) is 11.2 Å². The lowest BCUT2D eigenvalue weighted by molar-refractivity contribution is 0.0955. The van der Waals surface area contributed by atoms with Gasteiger partial charge in [0.1, 0.15) is 5.82 Å². The quantitative estimate of drug-likeness (QED) is 0.892. The lowest BCUT2D eigenvalue weighted by atomic mass is 9.89. The van der Waals surface area contributed by atoms with Crippen molar-refractivity contribution in [1.82, 2.24) is 5.32 Å². The molecule has 0 spiro atoms. The monoisotopic (exact) mass is 329 g/mol. The number of hydrogen-bond acceptors (Lipinski definition) is 2. The molecule has 1 aromatic carbocycles. The second-order valence-corrected chi connectivity index (χ2v) is 5.90. The molecule has 1 aliphatic rings. The molecule has 2 nitrogen and oxygen atoms in total. The van der Waals surface area contributed by atoms with Crippen LogP contribution in [0.25, 0.3) is 0 Å². The SMILES string of the molecule is CCNC(Cc1cccc(F)c1Br)C1CCOC1C. The number of rotatable bonds is 5. The number of likely N-dealkylation sites (N-methyl/N-ethyl adjacent to an activating group) is 1. The largest absolute Gasteiger partial charge is 0.378 e. The van der Waals surface area contributed by atoms with Crippen molar-refractivity contribution in [3.63, 3.8) is 0 Å². The Hall–Kier alpha value is -0.450. The zero-order valence-corrected chi connectivity index (χ0v) is 13.0. The van der Waals surface area contributed by atoms with Crippen molar-refractivity contribution in [2.24, 2.45) is 5.92 Å². The van der Waals surface area contributed by atoms with E-state index in [9.17, 15) is 4.39 Å². The van der Waals surface area contributed by atoms with E-state index in [0.29, 0.717) is 16.4 Å². The average Bonchev–Trinajstić information content (AvgIpc) is 2.80. The van der Waals surface area contributed by atoms with E-state index in [1.807, 2.05) is 6.07 Å². The molecule has 1 aromatic rings. The number of hydrogen-bond donors (Lipinski definition) is 1. The second kappa shape index (κ2) is 6.82. The third-order valence-corrected chi connectivity index (χ3v) is 4.78. The predicted molar refractivity (Wildman–Crippen MR) is 78.8 cm³/mol. The number of halogens is 2. The van der Waals surface area contributed by atoms with Crippen LogP contribution in [0.2, 0.25) is 0 Å². The summed E-state index contributed by atoms with van der Waals surface area (Å²) in [6.07, 6.45) is 2.17. The van der Waals surface area contributed by atoms with Gasteiger partial charge in [-0.25, -0.2) is 4.39 Å². The van der Waals surface area contributed by atoms with Crippen LogP contribution < -0.4 is 5.32 Å². The topological polar surface area (TPSA) is 21.3 Å². The molecule has 19 heavy (non-hydrogen) atoms. The fraction of sp³-hybridized carbons (Fsp3) is 0.600. The van der Waals surface area contributed by atoms with E-state index in [0.717, 1.165) is 31.6 Å². The van der Waals surface area contributed by atoms with E-state index in [1.165, 1.54) is 6.07 Å². The van der Waals surface area contributed by atoms with Gasteiger partial charge in [0.15, 0.2) is 0 Å². The van der Waals surface area contributed by atoms with Gasteiger partial charge in [0, 0.05) is 18.6 Å². The Morgan fingerprint density at radius 2 is 2.32 bits per heavy atom. The van der Waals surface area contributed by atoms with Crippen molar-refractivity contribution >= 4 is 15.9 Å². The first kappa shape index (κ1) is 14.9. The molecule has 1 fully saturated rings. The molecule has 0 aliphatic carbocycles. The Balaban J connectivity index is 2.14. The molecule has 0 radical (unpaired) electrons. The first-order valence-corrected chi connectivity index (χ1v) is 7.70. The van der Waals surface area contributed by atoms with E-state index in [-0.39, 0.29) is 11.9 Å². The van der Waals surface area contributed by atoms with Crippen LogP contribution in [0.3, 0.4) is 0 Å². The first-order valence-electron chi connectivity index (χ1n) is 6.91. The van der Waals surface area contributed by atoms with Crippen molar-refractivity contribution in [2.75, 3.05) is 13.2 Å². The van der Waals surface area contributed by atoms with Crippen molar-refractivity contribution in [1.29, 1.82) is 0 Å². The third-order valence-electron chi connectivity index (χ3n) is 3.89. The summed E-state index contributed by atoms with van der Waals surface area (Å²) in [7, 11) is 0. The van der Waals surface area contributed by atoms with Gasteiger partial charge in [0.05, 0.1) is 10.6 Å². The molecule has 1 N–H and O–H groups in total. The molecule has 0 bridgehead atoms. The van der Waals surface area contributed by atoms with Crippen LogP contribution in [0.4, 0.5) is 4.39 Å². The van der Waals surface area contributed by atoms with E-state index in [2.05, 4.69) is 35.1 Å². The average molecular weight is 330 g/mol. The molecule has 0 aromatic heterocycles. The molecule has 1 heterocycles. The maximum Gasteiger partial charge on any atom is 0.137 e. The molecule has 4 heteroatoms. The van der Waals surface area contributed by atoms with Gasteiger partial charge in [0.2, 0.25) is 0 Å². The zero-order valence-electron chi connectivity index (χ0n) is 11.5. The van der Waals surface area contributed by atoms with Gasteiger partial charge >= 0.3 is 0 Å². The molecule has 3 unspecified atom stereocenters. The van der Waals surface area contributed by atoms with Gasteiger partial charge in [-0.3, -0.25) is 0 Å². The van der Waals surface area contributed by atoms with E-state index >= 15 is 0 Å². The third kappa shape index (κ3) is 3.56. The number of benzene rings is 1. The van der Waals surface area contributed by atoms with Gasteiger partial charge in [-0.1, -0.05) is 19.1 Å². The van der Waals surface area contributed by atoms with Crippen molar-refractivity contribution in [3.05, 3.63) is 34.1 Å². The van der Waals surface area contributed by atoms with Gasteiger partial charge in [-0.05, 0) is 53.9 Å². The van der Waals surface area contributed by atoms with Gasteiger partial charge in [-0.15, -0.1) is 0 Å². The smallest absolute Gasteiger partial charge is 0.137 e. The first-order chi connectivity index (χ1) is 9.13. The molecule has 1 saturated heterocycles. The molecule has 2 rings (SSSR count). The normalized spacial score (nSPS) is 24.6.